The van der Waals surface area contributed by atoms with Crippen LogP contribution in [0.2, 0.25) is 0 Å². The number of nitrogens with two attached hydrogens (primary N) is 1. The lowest BCUT2D eigenvalue weighted by Crippen LogP contribution is -2.30. The van der Waals surface area contributed by atoms with Gasteiger partial charge in [-0.05, 0) is 31.2 Å². The van der Waals surface area contributed by atoms with E-state index in [1.54, 1.807) is 0 Å². The third-order valence-corrected chi connectivity index (χ3v) is 5.41. The van der Waals surface area contributed by atoms with Crippen molar-refractivity contribution in [2.24, 2.45) is 11.8 Å². The Bertz CT molecular complexity index is 496. The molecule has 3 N–H and O–H groups in total. The minimum atomic E-state index is -2.81. The standard InChI is InChI=1S/C13H20N2O2S/c1-10-2-4-12(5-3-10)13(15-14)8-11-6-7-18(16,17)9-11/h2-5,11,13,15H,6-9,14H2,1H3. The van der Waals surface area contributed by atoms with Crippen molar-refractivity contribution in [2.75, 3.05) is 11.5 Å². The first-order valence-corrected chi connectivity index (χ1v) is 8.05. The molecule has 1 aliphatic rings. The molecule has 0 bridgehead atoms. The van der Waals surface area contributed by atoms with Crippen LogP contribution in [0.5, 0.6) is 0 Å². The highest BCUT2D eigenvalue weighted by Crippen LogP contribution is 2.28. The normalized spacial score (nSPS) is 24.0. The zero-order valence-corrected chi connectivity index (χ0v) is 11.4. The number of hydrogen-bond acceptors (Lipinski definition) is 4. The predicted molar refractivity (Wildman–Crippen MR) is 72.6 cm³/mol. The lowest BCUT2D eigenvalue weighted by Gasteiger charge is -2.19. The van der Waals surface area contributed by atoms with Crippen LogP contribution in [0, 0.1) is 12.8 Å². The number of hydrazine groups is 1. The Morgan fingerprint density at radius 2 is 2.06 bits per heavy atom. The van der Waals surface area contributed by atoms with E-state index >= 15 is 0 Å². The van der Waals surface area contributed by atoms with E-state index in [4.69, 9.17) is 5.84 Å². The molecule has 18 heavy (non-hydrogen) atoms. The third kappa shape index (κ3) is 3.31. The number of benzene rings is 1. The van der Waals surface area contributed by atoms with Crippen LogP contribution in [0.3, 0.4) is 0 Å². The third-order valence-electron chi connectivity index (χ3n) is 3.58. The Kier molecular flexibility index (Phi) is 4.04. The Balaban J connectivity index is 2.04. The topological polar surface area (TPSA) is 72.2 Å². The second kappa shape index (κ2) is 5.38. The first-order chi connectivity index (χ1) is 8.50. The molecule has 2 rings (SSSR count). The Hall–Kier alpha value is -0.910. The largest absolute Gasteiger partial charge is 0.271 e. The van der Waals surface area contributed by atoms with Gasteiger partial charge < -0.3 is 0 Å². The van der Waals surface area contributed by atoms with E-state index < -0.39 is 9.84 Å². The zero-order chi connectivity index (χ0) is 13.2. The van der Waals surface area contributed by atoms with Gasteiger partial charge in [0.25, 0.3) is 0 Å². The first-order valence-electron chi connectivity index (χ1n) is 6.23. The van der Waals surface area contributed by atoms with Crippen molar-refractivity contribution in [3.05, 3.63) is 35.4 Å². The molecule has 1 fully saturated rings. The molecule has 4 nitrogen and oxygen atoms in total. The van der Waals surface area contributed by atoms with E-state index in [1.165, 1.54) is 5.56 Å². The lowest BCUT2D eigenvalue weighted by molar-refractivity contribution is 0.421. The van der Waals surface area contributed by atoms with Crippen molar-refractivity contribution in [1.29, 1.82) is 0 Å². The van der Waals surface area contributed by atoms with Crippen LogP contribution in [0.15, 0.2) is 24.3 Å². The summed E-state index contributed by atoms with van der Waals surface area (Å²) in [6.45, 7) is 2.04. The van der Waals surface area contributed by atoms with Crippen LogP contribution in [-0.2, 0) is 9.84 Å². The number of rotatable bonds is 4. The van der Waals surface area contributed by atoms with Gasteiger partial charge in [0.1, 0.15) is 0 Å². The molecule has 100 valence electrons. The molecular weight excluding hydrogens is 248 g/mol. The Morgan fingerprint density at radius 3 is 2.56 bits per heavy atom. The van der Waals surface area contributed by atoms with Crippen LogP contribution < -0.4 is 11.3 Å². The molecule has 0 radical (unpaired) electrons. The molecule has 0 saturated carbocycles. The molecular formula is C13H20N2O2S. The van der Waals surface area contributed by atoms with E-state index in [-0.39, 0.29) is 12.0 Å². The van der Waals surface area contributed by atoms with Crippen molar-refractivity contribution in [1.82, 2.24) is 5.43 Å². The van der Waals surface area contributed by atoms with E-state index in [0.29, 0.717) is 11.5 Å². The summed E-state index contributed by atoms with van der Waals surface area (Å²) in [6, 6.07) is 8.21. The maximum Gasteiger partial charge on any atom is 0.150 e. The summed E-state index contributed by atoms with van der Waals surface area (Å²) >= 11 is 0. The van der Waals surface area contributed by atoms with E-state index in [2.05, 4.69) is 5.43 Å². The van der Waals surface area contributed by atoms with Gasteiger partial charge in [0.2, 0.25) is 0 Å². The average Bonchev–Trinajstić information content (AvgIpc) is 2.67. The molecule has 0 amide bonds. The van der Waals surface area contributed by atoms with Crippen LogP contribution in [-0.4, -0.2) is 19.9 Å². The first kappa shape index (κ1) is 13.5. The van der Waals surface area contributed by atoms with Gasteiger partial charge in [0, 0.05) is 6.04 Å². The number of aryl methyl sites for hydroxylation is 1. The van der Waals surface area contributed by atoms with Crippen LogP contribution in [0.4, 0.5) is 0 Å². The molecule has 1 aromatic rings. The highest BCUT2D eigenvalue weighted by molar-refractivity contribution is 7.91. The second-order valence-electron chi connectivity index (χ2n) is 5.13. The quantitative estimate of drug-likeness (QED) is 0.638. The van der Waals surface area contributed by atoms with Crippen molar-refractivity contribution in [2.45, 2.75) is 25.8 Å². The average molecular weight is 268 g/mol. The Labute approximate surface area is 108 Å². The summed E-state index contributed by atoms with van der Waals surface area (Å²) in [4.78, 5) is 0. The van der Waals surface area contributed by atoms with Gasteiger partial charge in [-0.25, -0.2) is 8.42 Å². The molecule has 0 spiro atoms. The summed E-state index contributed by atoms with van der Waals surface area (Å²) in [5.41, 5.74) is 5.12. The monoisotopic (exact) mass is 268 g/mol. The fourth-order valence-corrected chi connectivity index (χ4v) is 4.37. The molecule has 1 aliphatic heterocycles. The number of hydrogen-bond donors (Lipinski definition) is 2. The Morgan fingerprint density at radius 1 is 1.39 bits per heavy atom. The maximum absolute atomic E-state index is 11.4. The highest BCUT2D eigenvalue weighted by atomic mass is 32.2. The minimum Gasteiger partial charge on any atom is -0.271 e. The fourth-order valence-electron chi connectivity index (χ4n) is 2.49. The van der Waals surface area contributed by atoms with Crippen LogP contribution in [0.25, 0.3) is 0 Å². The van der Waals surface area contributed by atoms with Gasteiger partial charge in [-0.1, -0.05) is 29.8 Å². The van der Waals surface area contributed by atoms with E-state index in [1.807, 2.05) is 31.2 Å². The smallest absolute Gasteiger partial charge is 0.150 e. The molecule has 0 aromatic heterocycles. The summed E-state index contributed by atoms with van der Waals surface area (Å²) in [5, 5.41) is 0. The minimum absolute atomic E-state index is 0.0314. The SMILES string of the molecule is Cc1ccc(C(CC2CCS(=O)(=O)C2)NN)cc1. The second-order valence-corrected chi connectivity index (χ2v) is 7.36. The highest BCUT2D eigenvalue weighted by Gasteiger charge is 2.29. The molecule has 1 aromatic carbocycles. The van der Waals surface area contributed by atoms with Gasteiger partial charge >= 0.3 is 0 Å². The zero-order valence-electron chi connectivity index (χ0n) is 10.6. The fraction of sp³-hybridized carbons (Fsp3) is 0.538. The van der Waals surface area contributed by atoms with E-state index in [9.17, 15) is 8.42 Å². The van der Waals surface area contributed by atoms with Gasteiger partial charge in [-0.15, -0.1) is 0 Å². The molecule has 1 heterocycles. The van der Waals surface area contributed by atoms with Crippen molar-refractivity contribution >= 4 is 9.84 Å². The molecule has 0 aliphatic carbocycles. The van der Waals surface area contributed by atoms with Gasteiger partial charge in [-0.3, -0.25) is 11.3 Å². The summed E-state index contributed by atoms with van der Waals surface area (Å²) in [7, 11) is -2.81. The summed E-state index contributed by atoms with van der Waals surface area (Å²) in [6.07, 6.45) is 1.53. The molecule has 1 saturated heterocycles. The van der Waals surface area contributed by atoms with Crippen molar-refractivity contribution in [3.63, 3.8) is 0 Å². The van der Waals surface area contributed by atoms with Crippen molar-refractivity contribution < 1.29 is 8.42 Å². The molecule has 5 heteroatoms. The number of nitrogens with one attached hydrogen (secondary N) is 1. The van der Waals surface area contributed by atoms with Crippen LogP contribution in [0.1, 0.15) is 30.0 Å². The lowest BCUT2D eigenvalue weighted by atomic mass is 9.94. The van der Waals surface area contributed by atoms with E-state index in [0.717, 1.165) is 18.4 Å². The van der Waals surface area contributed by atoms with Gasteiger partial charge in [0.05, 0.1) is 11.5 Å². The maximum atomic E-state index is 11.4. The summed E-state index contributed by atoms with van der Waals surface area (Å²) in [5.74, 6) is 6.43. The predicted octanol–water partition coefficient (Wildman–Crippen LogP) is 1.32. The van der Waals surface area contributed by atoms with Gasteiger partial charge in [-0.2, -0.15) is 0 Å². The van der Waals surface area contributed by atoms with Gasteiger partial charge in [0.15, 0.2) is 9.84 Å². The van der Waals surface area contributed by atoms with Crippen molar-refractivity contribution in [3.8, 4) is 0 Å². The molecule has 2 atom stereocenters. The molecule has 2 unspecified atom stereocenters. The number of sulfone groups is 1. The van der Waals surface area contributed by atoms with Crippen LogP contribution >= 0.6 is 0 Å². The summed E-state index contributed by atoms with van der Waals surface area (Å²) < 4.78 is 22.9.